The molecule has 1 aromatic carbocycles. The van der Waals surface area contributed by atoms with Crippen molar-refractivity contribution in [3.8, 4) is 0 Å². The Morgan fingerprint density at radius 1 is 1.50 bits per heavy atom. The number of benzene rings is 1. The van der Waals surface area contributed by atoms with E-state index in [9.17, 15) is 4.79 Å². The summed E-state index contributed by atoms with van der Waals surface area (Å²) < 4.78 is 0. The SMILES string of the molecule is CSC(=O)Nc1nc2ccccc2[nH]1. The van der Waals surface area contributed by atoms with Crippen molar-refractivity contribution in [2.75, 3.05) is 11.6 Å². The largest absolute Gasteiger partial charge is 0.324 e. The average molecular weight is 207 g/mol. The molecule has 4 nitrogen and oxygen atoms in total. The summed E-state index contributed by atoms with van der Waals surface area (Å²) >= 11 is 1.12. The van der Waals surface area contributed by atoms with Gasteiger partial charge in [0.05, 0.1) is 11.0 Å². The van der Waals surface area contributed by atoms with Crippen molar-refractivity contribution in [1.29, 1.82) is 0 Å². The first kappa shape index (κ1) is 9.08. The number of nitrogens with one attached hydrogen (secondary N) is 2. The monoisotopic (exact) mass is 207 g/mol. The molecular formula is C9H9N3OS. The number of aromatic amines is 1. The molecule has 0 bridgehead atoms. The van der Waals surface area contributed by atoms with Crippen LogP contribution in [0, 0.1) is 0 Å². The lowest BCUT2D eigenvalue weighted by atomic mass is 10.3. The maximum atomic E-state index is 11.0. The molecule has 0 saturated carbocycles. The van der Waals surface area contributed by atoms with Gasteiger partial charge in [0, 0.05) is 0 Å². The smallest absolute Gasteiger partial charge is 0.285 e. The number of nitrogens with zero attached hydrogens (tertiary/aromatic N) is 1. The number of amides is 1. The van der Waals surface area contributed by atoms with Crippen molar-refractivity contribution in [3.05, 3.63) is 24.3 Å². The fourth-order valence-electron chi connectivity index (χ4n) is 1.16. The van der Waals surface area contributed by atoms with Crippen molar-refractivity contribution in [2.45, 2.75) is 0 Å². The minimum absolute atomic E-state index is 0.121. The summed E-state index contributed by atoms with van der Waals surface area (Å²) in [5, 5.41) is 2.52. The van der Waals surface area contributed by atoms with Crippen molar-refractivity contribution < 1.29 is 4.79 Å². The molecule has 1 amide bonds. The maximum Gasteiger partial charge on any atom is 0.285 e. The van der Waals surface area contributed by atoms with Crippen molar-refractivity contribution in [2.24, 2.45) is 0 Å². The standard InChI is InChI=1S/C9H9N3OS/c1-14-9(13)12-8-10-6-4-2-3-5-7(6)11-8/h2-5H,1H3,(H2,10,11,12,13). The number of H-pyrrole nitrogens is 1. The molecule has 0 radical (unpaired) electrons. The number of aromatic nitrogens is 2. The van der Waals surface area contributed by atoms with E-state index in [2.05, 4.69) is 15.3 Å². The summed E-state index contributed by atoms with van der Waals surface area (Å²) in [6.07, 6.45) is 1.72. The molecule has 0 aliphatic heterocycles. The number of thioether (sulfide) groups is 1. The summed E-state index contributed by atoms with van der Waals surface area (Å²) in [5.74, 6) is 0.491. The second kappa shape index (κ2) is 3.71. The van der Waals surface area contributed by atoms with Crippen molar-refractivity contribution in [3.63, 3.8) is 0 Å². The van der Waals surface area contributed by atoms with Gasteiger partial charge in [0.15, 0.2) is 0 Å². The second-order valence-corrected chi connectivity index (χ2v) is 3.50. The third kappa shape index (κ3) is 1.72. The van der Waals surface area contributed by atoms with Crippen LogP contribution in [-0.4, -0.2) is 21.5 Å². The number of carbonyl (C=O) groups is 1. The van der Waals surface area contributed by atoms with Gasteiger partial charge in [-0.25, -0.2) is 4.98 Å². The molecule has 5 heteroatoms. The molecule has 0 aliphatic rings. The number of anilines is 1. The zero-order valence-electron chi connectivity index (χ0n) is 7.57. The van der Waals surface area contributed by atoms with Gasteiger partial charge in [0.1, 0.15) is 0 Å². The van der Waals surface area contributed by atoms with Crippen LogP contribution in [0.2, 0.25) is 0 Å². The van der Waals surface area contributed by atoms with E-state index in [1.54, 1.807) is 6.26 Å². The number of fused-ring (bicyclic) bond motifs is 1. The van der Waals surface area contributed by atoms with Gasteiger partial charge in [-0.2, -0.15) is 0 Å². The number of rotatable bonds is 1. The highest BCUT2D eigenvalue weighted by molar-refractivity contribution is 8.13. The normalized spacial score (nSPS) is 10.4. The zero-order valence-corrected chi connectivity index (χ0v) is 8.39. The lowest BCUT2D eigenvalue weighted by Gasteiger charge is -1.95. The van der Waals surface area contributed by atoms with E-state index in [4.69, 9.17) is 0 Å². The van der Waals surface area contributed by atoms with E-state index in [-0.39, 0.29) is 5.24 Å². The molecule has 1 heterocycles. The van der Waals surface area contributed by atoms with E-state index in [0.717, 1.165) is 22.8 Å². The van der Waals surface area contributed by atoms with Crippen LogP contribution in [0.1, 0.15) is 0 Å². The fraction of sp³-hybridized carbons (Fsp3) is 0.111. The van der Waals surface area contributed by atoms with Gasteiger partial charge in [0.25, 0.3) is 5.24 Å². The summed E-state index contributed by atoms with van der Waals surface area (Å²) in [6.45, 7) is 0. The maximum absolute atomic E-state index is 11.0. The first-order valence-corrected chi connectivity index (χ1v) is 5.32. The Morgan fingerprint density at radius 2 is 2.29 bits per heavy atom. The first-order chi connectivity index (χ1) is 6.79. The molecule has 2 rings (SSSR count). The molecular weight excluding hydrogens is 198 g/mol. The topological polar surface area (TPSA) is 57.8 Å². The van der Waals surface area contributed by atoms with Crippen LogP contribution in [-0.2, 0) is 0 Å². The molecule has 0 aliphatic carbocycles. The lowest BCUT2D eigenvalue weighted by Crippen LogP contribution is -2.04. The summed E-state index contributed by atoms with van der Waals surface area (Å²) in [7, 11) is 0. The first-order valence-electron chi connectivity index (χ1n) is 4.09. The Morgan fingerprint density at radius 3 is 3.00 bits per heavy atom. The highest BCUT2D eigenvalue weighted by Gasteiger charge is 2.04. The predicted molar refractivity (Wildman–Crippen MR) is 58.6 cm³/mol. The number of hydrogen-bond donors (Lipinski definition) is 2. The highest BCUT2D eigenvalue weighted by atomic mass is 32.2. The molecule has 1 aromatic heterocycles. The van der Waals surface area contributed by atoms with Gasteiger partial charge in [0.2, 0.25) is 5.95 Å². The predicted octanol–water partition coefficient (Wildman–Crippen LogP) is 2.46. The highest BCUT2D eigenvalue weighted by Crippen LogP contribution is 2.14. The zero-order chi connectivity index (χ0) is 9.97. The Bertz CT molecular complexity index is 433. The Labute approximate surface area is 85.1 Å². The Balaban J connectivity index is 2.31. The van der Waals surface area contributed by atoms with E-state index in [0.29, 0.717) is 5.95 Å². The van der Waals surface area contributed by atoms with Crippen LogP contribution in [0.5, 0.6) is 0 Å². The van der Waals surface area contributed by atoms with Crippen LogP contribution in [0.15, 0.2) is 24.3 Å². The molecule has 72 valence electrons. The van der Waals surface area contributed by atoms with Gasteiger partial charge in [-0.05, 0) is 18.4 Å². The molecule has 0 saturated heterocycles. The summed E-state index contributed by atoms with van der Waals surface area (Å²) in [5.41, 5.74) is 1.77. The van der Waals surface area contributed by atoms with Crippen LogP contribution >= 0.6 is 11.8 Å². The molecule has 2 aromatic rings. The minimum atomic E-state index is -0.121. The fourth-order valence-corrected chi connectivity index (χ4v) is 1.36. The molecule has 0 unspecified atom stereocenters. The van der Waals surface area contributed by atoms with Crippen LogP contribution < -0.4 is 5.32 Å². The van der Waals surface area contributed by atoms with Gasteiger partial charge < -0.3 is 4.98 Å². The number of imidazole rings is 1. The molecule has 2 N–H and O–H groups in total. The van der Waals surface area contributed by atoms with Gasteiger partial charge in [-0.1, -0.05) is 23.9 Å². The van der Waals surface area contributed by atoms with Crippen LogP contribution in [0.4, 0.5) is 10.7 Å². The van der Waals surface area contributed by atoms with Gasteiger partial charge >= 0.3 is 0 Å². The van der Waals surface area contributed by atoms with Crippen LogP contribution in [0.3, 0.4) is 0 Å². The van der Waals surface area contributed by atoms with Gasteiger partial charge in [-0.15, -0.1) is 0 Å². The lowest BCUT2D eigenvalue weighted by molar-refractivity contribution is 0.269. The third-order valence-electron chi connectivity index (χ3n) is 1.80. The average Bonchev–Trinajstić information content (AvgIpc) is 2.59. The van der Waals surface area contributed by atoms with Crippen LogP contribution in [0.25, 0.3) is 11.0 Å². The molecule has 0 fully saturated rings. The van der Waals surface area contributed by atoms with E-state index in [1.165, 1.54) is 0 Å². The van der Waals surface area contributed by atoms with E-state index < -0.39 is 0 Å². The quantitative estimate of drug-likeness (QED) is 0.755. The number of hydrogen-bond acceptors (Lipinski definition) is 3. The minimum Gasteiger partial charge on any atom is -0.324 e. The molecule has 14 heavy (non-hydrogen) atoms. The number of para-hydroxylation sites is 2. The summed E-state index contributed by atoms with van der Waals surface area (Å²) in [4.78, 5) is 18.3. The van der Waals surface area contributed by atoms with Crippen molar-refractivity contribution in [1.82, 2.24) is 9.97 Å². The third-order valence-corrected chi connectivity index (χ3v) is 2.27. The summed E-state index contributed by atoms with van der Waals surface area (Å²) in [6, 6.07) is 7.63. The Kier molecular flexibility index (Phi) is 2.41. The Hall–Kier alpha value is -1.49. The van der Waals surface area contributed by atoms with E-state index >= 15 is 0 Å². The number of carbonyl (C=O) groups excluding carboxylic acids is 1. The second-order valence-electron chi connectivity index (χ2n) is 2.72. The molecule has 0 atom stereocenters. The van der Waals surface area contributed by atoms with Gasteiger partial charge in [-0.3, -0.25) is 10.1 Å². The molecule has 0 spiro atoms. The van der Waals surface area contributed by atoms with Crippen molar-refractivity contribution >= 4 is 34.0 Å². The van der Waals surface area contributed by atoms with E-state index in [1.807, 2.05) is 24.3 Å².